The van der Waals surface area contributed by atoms with Crippen molar-refractivity contribution in [2.75, 3.05) is 19.0 Å². The molecular weight excluding hydrogens is 222 g/mol. The predicted molar refractivity (Wildman–Crippen MR) is 59.8 cm³/mol. The van der Waals surface area contributed by atoms with E-state index in [4.69, 9.17) is 4.74 Å². The second-order valence-corrected chi connectivity index (χ2v) is 3.38. The van der Waals surface area contributed by atoms with Gasteiger partial charge in [0.05, 0.1) is 12.7 Å². The largest absolute Gasteiger partial charge is 0.481 e. The predicted octanol–water partition coefficient (Wildman–Crippen LogP) is 0.831. The number of hydrogen-bond acceptors (Lipinski definition) is 7. The number of nitrogens with one attached hydrogen (secondary N) is 1. The van der Waals surface area contributed by atoms with Crippen molar-refractivity contribution in [2.45, 2.75) is 13.3 Å². The zero-order valence-corrected chi connectivity index (χ0v) is 9.67. The zero-order valence-electron chi connectivity index (χ0n) is 9.67. The smallest absolute Gasteiger partial charge is 0.221 e. The second-order valence-electron chi connectivity index (χ2n) is 3.38. The SMILES string of the molecule is COc1ncnc(NCCc2ncon2)c1C. The van der Waals surface area contributed by atoms with Crippen molar-refractivity contribution >= 4 is 5.82 Å². The zero-order chi connectivity index (χ0) is 12.1. The second kappa shape index (κ2) is 5.24. The Bertz CT molecular complexity index is 472. The monoisotopic (exact) mass is 235 g/mol. The van der Waals surface area contributed by atoms with Gasteiger partial charge in [-0.15, -0.1) is 0 Å². The lowest BCUT2D eigenvalue weighted by atomic mass is 10.3. The van der Waals surface area contributed by atoms with Crippen molar-refractivity contribution in [3.8, 4) is 5.88 Å². The van der Waals surface area contributed by atoms with Crippen LogP contribution >= 0.6 is 0 Å². The highest BCUT2D eigenvalue weighted by molar-refractivity contribution is 5.47. The van der Waals surface area contributed by atoms with Crippen molar-refractivity contribution in [1.82, 2.24) is 20.1 Å². The van der Waals surface area contributed by atoms with Crippen molar-refractivity contribution in [1.29, 1.82) is 0 Å². The molecule has 0 bridgehead atoms. The highest BCUT2D eigenvalue weighted by atomic mass is 16.5. The maximum atomic E-state index is 5.11. The number of hydrogen-bond donors (Lipinski definition) is 1. The number of nitrogens with zero attached hydrogens (tertiary/aromatic N) is 4. The normalized spacial score (nSPS) is 10.2. The van der Waals surface area contributed by atoms with Crippen molar-refractivity contribution < 1.29 is 9.26 Å². The first-order valence-electron chi connectivity index (χ1n) is 5.16. The fraction of sp³-hybridized carbons (Fsp3) is 0.400. The third-order valence-corrected chi connectivity index (χ3v) is 2.28. The summed E-state index contributed by atoms with van der Waals surface area (Å²) in [5.74, 6) is 1.98. The van der Waals surface area contributed by atoms with Gasteiger partial charge in [-0.05, 0) is 6.92 Å². The Morgan fingerprint density at radius 3 is 2.94 bits per heavy atom. The van der Waals surface area contributed by atoms with Crippen LogP contribution in [0.5, 0.6) is 5.88 Å². The molecule has 2 aromatic rings. The minimum Gasteiger partial charge on any atom is -0.481 e. The average Bonchev–Trinajstić information content (AvgIpc) is 2.84. The summed E-state index contributed by atoms with van der Waals surface area (Å²) in [6.45, 7) is 2.57. The summed E-state index contributed by atoms with van der Waals surface area (Å²) < 4.78 is 9.75. The van der Waals surface area contributed by atoms with Gasteiger partial charge in [-0.1, -0.05) is 5.16 Å². The first-order chi connectivity index (χ1) is 8.31. The molecule has 0 radical (unpaired) electrons. The third-order valence-electron chi connectivity index (χ3n) is 2.28. The molecule has 2 aromatic heterocycles. The minimum atomic E-state index is 0.571. The molecule has 2 heterocycles. The maximum absolute atomic E-state index is 5.11. The highest BCUT2D eigenvalue weighted by Crippen LogP contribution is 2.19. The van der Waals surface area contributed by atoms with Gasteiger partial charge in [0.1, 0.15) is 12.1 Å². The molecule has 7 nitrogen and oxygen atoms in total. The van der Waals surface area contributed by atoms with Gasteiger partial charge in [0.25, 0.3) is 0 Å². The first kappa shape index (κ1) is 11.3. The number of rotatable bonds is 5. The molecule has 7 heteroatoms. The Hall–Kier alpha value is -2.18. The van der Waals surface area contributed by atoms with E-state index in [1.807, 2.05) is 6.92 Å². The van der Waals surface area contributed by atoms with Crippen LogP contribution in [0.1, 0.15) is 11.4 Å². The van der Waals surface area contributed by atoms with Gasteiger partial charge in [-0.3, -0.25) is 0 Å². The quantitative estimate of drug-likeness (QED) is 0.821. The van der Waals surface area contributed by atoms with Crippen LogP contribution in [0, 0.1) is 6.92 Å². The summed E-state index contributed by atoms with van der Waals surface area (Å²) >= 11 is 0. The van der Waals surface area contributed by atoms with E-state index in [2.05, 4.69) is 29.9 Å². The Labute approximate surface area is 98.2 Å². The molecule has 0 saturated carbocycles. The standard InChI is InChI=1S/C10H13N5O2/c1-7-9(12-5-13-10(7)16-2)11-4-3-8-14-6-17-15-8/h5-6H,3-4H2,1-2H3,(H,11,12,13). The topological polar surface area (TPSA) is 86.0 Å². The van der Waals surface area contributed by atoms with Crippen molar-refractivity contribution in [2.24, 2.45) is 0 Å². The van der Waals surface area contributed by atoms with Crippen LogP contribution in [0.25, 0.3) is 0 Å². The van der Waals surface area contributed by atoms with E-state index in [9.17, 15) is 0 Å². The number of anilines is 1. The Balaban J connectivity index is 1.95. The van der Waals surface area contributed by atoms with Crippen LogP contribution in [-0.2, 0) is 6.42 Å². The summed E-state index contributed by atoms with van der Waals surface area (Å²) in [7, 11) is 1.58. The van der Waals surface area contributed by atoms with E-state index < -0.39 is 0 Å². The summed E-state index contributed by atoms with van der Waals surface area (Å²) in [4.78, 5) is 12.1. The van der Waals surface area contributed by atoms with E-state index in [1.165, 1.54) is 12.7 Å². The van der Waals surface area contributed by atoms with Crippen LogP contribution in [0.15, 0.2) is 17.2 Å². The number of ether oxygens (including phenoxy) is 1. The van der Waals surface area contributed by atoms with Crippen molar-refractivity contribution in [3.63, 3.8) is 0 Å². The third kappa shape index (κ3) is 2.68. The molecule has 17 heavy (non-hydrogen) atoms. The lowest BCUT2D eigenvalue weighted by molar-refractivity contribution is 0.393. The van der Waals surface area contributed by atoms with Crippen LogP contribution in [0.3, 0.4) is 0 Å². The minimum absolute atomic E-state index is 0.571. The van der Waals surface area contributed by atoms with Crippen LogP contribution in [-0.4, -0.2) is 33.8 Å². The average molecular weight is 235 g/mol. The van der Waals surface area contributed by atoms with E-state index in [-0.39, 0.29) is 0 Å². The molecule has 0 aliphatic heterocycles. The fourth-order valence-corrected chi connectivity index (χ4v) is 1.41. The van der Waals surface area contributed by atoms with Crippen LogP contribution < -0.4 is 10.1 Å². The van der Waals surface area contributed by atoms with E-state index in [0.29, 0.717) is 24.7 Å². The maximum Gasteiger partial charge on any atom is 0.221 e. The van der Waals surface area contributed by atoms with Crippen molar-refractivity contribution in [3.05, 3.63) is 24.1 Å². The molecule has 0 unspecified atom stereocenters. The van der Waals surface area contributed by atoms with E-state index >= 15 is 0 Å². The molecule has 0 fully saturated rings. The number of aromatic nitrogens is 4. The fourth-order valence-electron chi connectivity index (χ4n) is 1.41. The lowest BCUT2D eigenvalue weighted by Gasteiger charge is -2.09. The summed E-state index contributed by atoms with van der Waals surface area (Å²) in [5, 5.41) is 6.89. The molecule has 0 amide bonds. The summed E-state index contributed by atoms with van der Waals surface area (Å²) in [5.41, 5.74) is 0.878. The van der Waals surface area contributed by atoms with Crippen LogP contribution in [0.2, 0.25) is 0 Å². The molecule has 2 rings (SSSR count). The van der Waals surface area contributed by atoms with E-state index in [0.717, 1.165) is 11.4 Å². The van der Waals surface area contributed by atoms with Gasteiger partial charge in [0.2, 0.25) is 12.3 Å². The molecule has 1 N–H and O–H groups in total. The summed E-state index contributed by atoms with van der Waals surface area (Å²) in [6.07, 6.45) is 3.44. The van der Waals surface area contributed by atoms with Gasteiger partial charge in [0, 0.05) is 13.0 Å². The number of methoxy groups -OCH3 is 1. The van der Waals surface area contributed by atoms with Gasteiger partial charge in [0.15, 0.2) is 5.82 Å². The molecule has 0 atom stereocenters. The molecule has 0 aliphatic carbocycles. The molecule has 90 valence electrons. The summed E-state index contributed by atoms with van der Waals surface area (Å²) in [6, 6.07) is 0. The Morgan fingerprint density at radius 2 is 2.24 bits per heavy atom. The highest BCUT2D eigenvalue weighted by Gasteiger charge is 2.06. The molecule has 0 aromatic carbocycles. The first-order valence-corrected chi connectivity index (χ1v) is 5.16. The Kier molecular flexibility index (Phi) is 3.49. The van der Waals surface area contributed by atoms with Crippen LogP contribution in [0.4, 0.5) is 5.82 Å². The Morgan fingerprint density at radius 1 is 1.35 bits per heavy atom. The lowest BCUT2D eigenvalue weighted by Crippen LogP contribution is -2.09. The van der Waals surface area contributed by atoms with Gasteiger partial charge >= 0.3 is 0 Å². The molecule has 0 spiro atoms. The molecular formula is C10H13N5O2. The molecule has 0 saturated heterocycles. The van der Waals surface area contributed by atoms with E-state index in [1.54, 1.807) is 7.11 Å². The van der Waals surface area contributed by atoms with Gasteiger partial charge < -0.3 is 14.6 Å². The van der Waals surface area contributed by atoms with Gasteiger partial charge in [-0.2, -0.15) is 4.98 Å². The van der Waals surface area contributed by atoms with Gasteiger partial charge in [-0.25, -0.2) is 9.97 Å². The molecule has 0 aliphatic rings.